The smallest absolute Gasteiger partial charge is 0.224 e. The highest BCUT2D eigenvalue weighted by Gasteiger charge is 2.38. The second-order valence-electron chi connectivity index (χ2n) is 7.02. The lowest BCUT2D eigenvalue weighted by molar-refractivity contribution is -0.0235. The first-order chi connectivity index (χ1) is 12.1. The van der Waals surface area contributed by atoms with E-state index in [1.807, 2.05) is 42.2 Å². The van der Waals surface area contributed by atoms with Gasteiger partial charge >= 0.3 is 0 Å². The third-order valence-electron chi connectivity index (χ3n) is 4.85. The van der Waals surface area contributed by atoms with Gasteiger partial charge in [0.25, 0.3) is 0 Å². The van der Waals surface area contributed by atoms with Crippen molar-refractivity contribution < 1.29 is 5.11 Å². The molecule has 4 heterocycles. The molecule has 0 aliphatic heterocycles. The lowest BCUT2D eigenvalue weighted by Gasteiger charge is -2.41. The molecule has 0 spiro atoms. The van der Waals surface area contributed by atoms with Crippen molar-refractivity contribution in [3.05, 3.63) is 43.0 Å². The molecule has 126 valence electrons. The second-order valence-corrected chi connectivity index (χ2v) is 7.02. The summed E-state index contributed by atoms with van der Waals surface area (Å²) >= 11 is 0. The van der Waals surface area contributed by atoms with Crippen LogP contribution in [0.3, 0.4) is 0 Å². The van der Waals surface area contributed by atoms with Gasteiger partial charge in [-0.1, -0.05) is 0 Å². The van der Waals surface area contributed by atoms with Gasteiger partial charge in [0.2, 0.25) is 5.95 Å². The number of hydrogen-bond donors (Lipinski definition) is 3. The van der Waals surface area contributed by atoms with E-state index in [9.17, 15) is 5.11 Å². The van der Waals surface area contributed by atoms with Crippen LogP contribution in [0.5, 0.6) is 0 Å². The summed E-state index contributed by atoms with van der Waals surface area (Å²) in [5, 5.41) is 18.3. The van der Waals surface area contributed by atoms with E-state index in [4.69, 9.17) is 0 Å². The first-order valence-electron chi connectivity index (χ1n) is 8.34. The Labute approximate surface area is 143 Å². The number of aromatic amines is 1. The highest BCUT2D eigenvalue weighted by Crippen LogP contribution is 2.34. The van der Waals surface area contributed by atoms with Crippen LogP contribution in [-0.4, -0.2) is 41.3 Å². The van der Waals surface area contributed by atoms with Crippen LogP contribution >= 0.6 is 0 Å². The van der Waals surface area contributed by atoms with Crippen LogP contribution in [0, 0.1) is 0 Å². The molecular formula is C18H18N6O. The summed E-state index contributed by atoms with van der Waals surface area (Å²) in [7, 11) is 0. The molecular weight excluding hydrogens is 316 g/mol. The molecule has 5 rings (SSSR count). The first kappa shape index (κ1) is 14.4. The van der Waals surface area contributed by atoms with Crippen LogP contribution in [0.1, 0.15) is 19.8 Å². The number of rotatable bonds is 3. The minimum absolute atomic E-state index is 0.228. The Morgan fingerprint density at radius 2 is 2.24 bits per heavy atom. The van der Waals surface area contributed by atoms with E-state index in [0.29, 0.717) is 5.95 Å². The maximum Gasteiger partial charge on any atom is 0.224 e. The lowest BCUT2D eigenvalue weighted by atomic mass is 9.77. The van der Waals surface area contributed by atoms with Crippen LogP contribution in [0.2, 0.25) is 0 Å². The fourth-order valence-corrected chi connectivity index (χ4v) is 3.59. The predicted molar refractivity (Wildman–Crippen MR) is 95.3 cm³/mol. The van der Waals surface area contributed by atoms with Gasteiger partial charge in [0.1, 0.15) is 5.65 Å². The summed E-state index contributed by atoms with van der Waals surface area (Å²) in [4.78, 5) is 12.2. The molecule has 7 nitrogen and oxygen atoms in total. The molecule has 0 unspecified atom stereocenters. The van der Waals surface area contributed by atoms with Crippen molar-refractivity contribution >= 4 is 22.5 Å². The Kier molecular flexibility index (Phi) is 2.90. The van der Waals surface area contributed by atoms with E-state index in [1.54, 1.807) is 6.20 Å². The summed E-state index contributed by atoms with van der Waals surface area (Å²) < 4.78 is 1.84. The van der Waals surface area contributed by atoms with Gasteiger partial charge in [-0.25, -0.2) is 9.50 Å². The van der Waals surface area contributed by atoms with Crippen LogP contribution in [-0.2, 0) is 0 Å². The van der Waals surface area contributed by atoms with Crippen molar-refractivity contribution in [1.82, 2.24) is 24.6 Å². The van der Waals surface area contributed by atoms with Crippen molar-refractivity contribution in [1.29, 1.82) is 0 Å². The van der Waals surface area contributed by atoms with Gasteiger partial charge in [-0.15, -0.1) is 0 Å². The fraction of sp³-hybridized carbons (Fsp3) is 0.278. The normalized spacial score (nSPS) is 23.0. The summed E-state index contributed by atoms with van der Waals surface area (Å²) in [6, 6.07) is 6.33. The molecule has 7 heteroatoms. The van der Waals surface area contributed by atoms with Gasteiger partial charge in [-0.2, -0.15) is 10.1 Å². The zero-order valence-corrected chi connectivity index (χ0v) is 13.8. The number of nitrogens with one attached hydrogen (secondary N) is 2. The van der Waals surface area contributed by atoms with Crippen LogP contribution < -0.4 is 5.32 Å². The highest BCUT2D eigenvalue weighted by molar-refractivity contribution is 5.94. The molecule has 0 atom stereocenters. The molecule has 0 radical (unpaired) electrons. The highest BCUT2D eigenvalue weighted by atomic mass is 16.3. The summed E-state index contributed by atoms with van der Waals surface area (Å²) in [6.07, 6.45) is 8.97. The van der Waals surface area contributed by atoms with Gasteiger partial charge in [-0.05, 0) is 43.5 Å². The topological polar surface area (TPSA) is 91.1 Å². The van der Waals surface area contributed by atoms with Gasteiger partial charge < -0.3 is 15.4 Å². The van der Waals surface area contributed by atoms with Gasteiger partial charge in [0.05, 0.1) is 11.1 Å². The molecule has 0 aromatic carbocycles. The summed E-state index contributed by atoms with van der Waals surface area (Å²) in [5.41, 5.74) is 3.44. The molecule has 25 heavy (non-hydrogen) atoms. The average Bonchev–Trinajstić information content (AvgIpc) is 3.18. The number of pyridine rings is 1. The third-order valence-corrected chi connectivity index (χ3v) is 4.85. The van der Waals surface area contributed by atoms with E-state index in [-0.39, 0.29) is 6.04 Å². The van der Waals surface area contributed by atoms with Crippen LogP contribution in [0.15, 0.2) is 43.0 Å². The Bertz CT molecular complexity index is 1070. The maximum absolute atomic E-state index is 9.83. The largest absolute Gasteiger partial charge is 0.390 e. The fourth-order valence-electron chi connectivity index (χ4n) is 3.59. The van der Waals surface area contributed by atoms with Crippen molar-refractivity contribution in [3.63, 3.8) is 0 Å². The minimum atomic E-state index is -0.562. The molecule has 3 N–H and O–H groups in total. The molecule has 1 aliphatic carbocycles. The van der Waals surface area contributed by atoms with E-state index in [1.165, 1.54) is 0 Å². The van der Waals surface area contributed by atoms with Crippen LogP contribution in [0.25, 0.3) is 27.7 Å². The number of aromatic nitrogens is 5. The average molecular weight is 334 g/mol. The molecule has 1 fully saturated rings. The second kappa shape index (κ2) is 5.03. The quantitative estimate of drug-likeness (QED) is 0.536. The number of aliphatic hydroxyl groups is 1. The number of hydrogen-bond acceptors (Lipinski definition) is 5. The van der Waals surface area contributed by atoms with E-state index >= 15 is 0 Å². The summed E-state index contributed by atoms with van der Waals surface area (Å²) in [5.74, 6) is 0.590. The number of anilines is 1. The molecule has 0 amide bonds. The van der Waals surface area contributed by atoms with Gasteiger partial charge in [-0.3, -0.25) is 0 Å². The van der Waals surface area contributed by atoms with Gasteiger partial charge in [0, 0.05) is 41.8 Å². The first-order valence-corrected chi connectivity index (χ1v) is 8.34. The van der Waals surface area contributed by atoms with E-state index in [0.717, 1.165) is 40.5 Å². The number of fused-ring (bicyclic) bond motifs is 2. The molecule has 0 saturated heterocycles. The number of nitrogens with zero attached hydrogens (tertiary/aromatic N) is 4. The Morgan fingerprint density at radius 1 is 1.36 bits per heavy atom. The Morgan fingerprint density at radius 3 is 3.08 bits per heavy atom. The van der Waals surface area contributed by atoms with Gasteiger partial charge in [0.15, 0.2) is 0 Å². The van der Waals surface area contributed by atoms with Crippen molar-refractivity contribution in [2.75, 3.05) is 5.32 Å². The molecule has 4 aromatic rings. The molecule has 1 aliphatic rings. The van der Waals surface area contributed by atoms with E-state index in [2.05, 4.69) is 31.4 Å². The minimum Gasteiger partial charge on any atom is -0.390 e. The van der Waals surface area contributed by atoms with Crippen molar-refractivity contribution in [2.45, 2.75) is 31.4 Å². The molecule has 1 saturated carbocycles. The third kappa shape index (κ3) is 2.44. The Hall–Kier alpha value is -2.93. The summed E-state index contributed by atoms with van der Waals surface area (Å²) in [6.45, 7) is 1.85. The standard InChI is InChI=1S/C18H18N6O/c1-18(25)7-12(8-18)22-17-20-10-15-14(9-19-16(15)23-17)11-3-5-24-13(6-11)2-4-21-24/h2-6,9-10,12,25H,7-8H2,1H3,(H2,19,20,22,23). The van der Waals surface area contributed by atoms with Crippen molar-refractivity contribution in [3.8, 4) is 11.1 Å². The SMILES string of the molecule is CC1(O)CC(Nc2ncc3c(-c4ccn5nccc5c4)c[nH]c3n2)C1. The Balaban J connectivity index is 1.46. The van der Waals surface area contributed by atoms with Crippen molar-refractivity contribution in [2.24, 2.45) is 0 Å². The zero-order chi connectivity index (χ0) is 17.0. The molecule has 4 aromatic heterocycles. The molecule has 0 bridgehead atoms. The predicted octanol–water partition coefficient (Wildman–Crippen LogP) is 2.60. The number of H-pyrrole nitrogens is 1. The monoisotopic (exact) mass is 334 g/mol. The van der Waals surface area contributed by atoms with E-state index < -0.39 is 5.60 Å². The maximum atomic E-state index is 9.83. The zero-order valence-electron chi connectivity index (χ0n) is 13.8. The van der Waals surface area contributed by atoms with Crippen LogP contribution in [0.4, 0.5) is 5.95 Å². The lowest BCUT2D eigenvalue weighted by Crippen LogP contribution is -2.48.